The number of thiophene rings is 1. The van der Waals surface area contributed by atoms with Crippen molar-refractivity contribution in [2.45, 2.75) is 32.2 Å². The van der Waals surface area contributed by atoms with Crippen LogP contribution in [0.5, 0.6) is 0 Å². The van der Waals surface area contributed by atoms with E-state index in [-0.39, 0.29) is 11.9 Å². The number of nitrogens with one attached hydrogen (secondary N) is 2. The van der Waals surface area contributed by atoms with E-state index in [1.807, 2.05) is 18.2 Å². The van der Waals surface area contributed by atoms with Crippen LogP contribution in [0.25, 0.3) is 0 Å². The van der Waals surface area contributed by atoms with Gasteiger partial charge in [0.25, 0.3) is 5.91 Å². The van der Waals surface area contributed by atoms with Crippen LogP contribution in [-0.4, -0.2) is 38.8 Å². The monoisotopic (exact) mass is 385 g/mol. The number of carbonyl (C=O) groups excluding carboxylic acids is 1. The molecule has 2 aliphatic rings. The maximum absolute atomic E-state index is 13.0. The highest BCUT2D eigenvalue weighted by molar-refractivity contribution is 7.14. The van der Waals surface area contributed by atoms with E-state index in [0.717, 1.165) is 56.5 Å². The quantitative estimate of drug-likeness (QED) is 0.829. The third-order valence-electron chi connectivity index (χ3n) is 5.75. The summed E-state index contributed by atoms with van der Waals surface area (Å²) < 4.78 is 5.49. The van der Waals surface area contributed by atoms with E-state index in [1.165, 1.54) is 27.3 Å². The van der Waals surface area contributed by atoms with Gasteiger partial charge in [-0.1, -0.05) is 37.3 Å². The predicted octanol–water partition coefficient (Wildman–Crippen LogP) is 2.26. The van der Waals surface area contributed by atoms with Crippen molar-refractivity contribution < 1.29 is 14.4 Å². The minimum Gasteiger partial charge on any atom is -0.370 e. The largest absolute Gasteiger partial charge is 0.370 e. The van der Waals surface area contributed by atoms with Crippen molar-refractivity contribution in [1.82, 2.24) is 5.32 Å². The molecule has 2 atom stereocenters. The zero-order chi connectivity index (χ0) is 18.6. The SMILES string of the molecule is C[C@H]1CCc2sc(C(=O)N[C@@H](C[NH+]3CCOCC3)c3ccccc3)cc2C1. The summed E-state index contributed by atoms with van der Waals surface area (Å²) in [7, 11) is 0. The predicted molar refractivity (Wildman–Crippen MR) is 109 cm³/mol. The summed E-state index contributed by atoms with van der Waals surface area (Å²) in [6.07, 6.45) is 3.47. The minimum absolute atomic E-state index is 0.0323. The molecule has 0 saturated carbocycles. The van der Waals surface area contributed by atoms with Gasteiger partial charge in [-0.2, -0.15) is 0 Å². The first-order valence-corrected chi connectivity index (χ1v) is 10.9. The van der Waals surface area contributed by atoms with Crippen molar-refractivity contribution in [2.24, 2.45) is 5.92 Å². The Morgan fingerprint density at radius 1 is 1.30 bits per heavy atom. The van der Waals surface area contributed by atoms with Crippen molar-refractivity contribution in [3.8, 4) is 0 Å². The first-order valence-electron chi connectivity index (χ1n) is 10.1. The van der Waals surface area contributed by atoms with Crippen molar-refractivity contribution in [2.75, 3.05) is 32.8 Å². The molecular formula is C22H29N2O2S+. The van der Waals surface area contributed by atoms with Gasteiger partial charge < -0.3 is 15.0 Å². The Balaban J connectivity index is 1.49. The molecule has 1 aromatic carbocycles. The maximum atomic E-state index is 13.0. The maximum Gasteiger partial charge on any atom is 0.262 e. The van der Waals surface area contributed by atoms with E-state index in [2.05, 4.69) is 30.4 Å². The first-order chi connectivity index (χ1) is 13.2. The van der Waals surface area contributed by atoms with Crippen LogP contribution in [0.4, 0.5) is 0 Å². The first kappa shape index (κ1) is 18.7. The Kier molecular flexibility index (Phi) is 5.91. The molecule has 0 spiro atoms. The fraction of sp³-hybridized carbons (Fsp3) is 0.500. The number of morpholine rings is 1. The highest BCUT2D eigenvalue weighted by atomic mass is 32.1. The molecule has 4 nitrogen and oxygen atoms in total. The molecule has 1 aromatic heterocycles. The summed E-state index contributed by atoms with van der Waals surface area (Å²) in [5.74, 6) is 0.800. The molecule has 0 radical (unpaired) electrons. The van der Waals surface area contributed by atoms with Gasteiger partial charge in [-0.15, -0.1) is 11.3 Å². The standard InChI is InChI=1S/C22H28N2O2S/c1-16-7-8-20-18(13-16)14-21(27-20)22(25)23-19(17-5-3-2-4-6-17)15-24-9-11-26-12-10-24/h2-6,14,16,19H,7-13,15H2,1H3,(H,23,25)/p+1/t16-,19-/m0/s1. The van der Waals surface area contributed by atoms with E-state index < -0.39 is 0 Å². The number of fused-ring (bicyclic) bond motifs is 1. The number of hydrogen-bond acceptors (Lipinski definition) is 3. The number of rotatable bonds is 5. The molecule has 1 fully saturated rings. The highest BCUT2D eigenvalue weighted by Crippen LogP contribution is 2.32. The second kappa shape index (κ2) is 8.55. The summed E-state index contributed by atoms with van der Waals surface area (Å²) >= 11 is 1.69. The number of ether oxygens (including phenoxy) is 1. The van der Waals surface area contributed by atoms with E-state index in [0.29, 0.717) is 0 Å². The molecule has 144 valence electrons. The van der Waals surface area contributed by atoms with Gasteiger partial charge in [0.05, 0.1) is 18.1 Å². The zero-order valence-electron chi connectivity index (χ0n) is 16.0. The molecule has 0 bridgehead atoms. The van der Waals surface area contributed by atoms with E-state index in [9.17, 15) is 4.79 Å². The number of aryl methyl sites for hydroxylation is 1. The lowest BCUT2D eigenvalue weighted by atomic mass is 9.90. The molecule has 5 heteroatoms. The van der Waals surface area contributed by atoms with Gasteiger partial charge in [0, 0.05) is 4.88 Å². The van der Waals surface area contributed by atoms with Crippen LogP contribution >= 0.6 is 11.3 Å². The Bertz CT molecular complexity index is 768. The Hall–Kier alpha value is -1.69. The fourth-order valence-corrected chi connectivity index (χ4v) is 5.25. The van der Waals surface area contributed by atoms with Gasteiger partial charge in [-0.3, -0.25) is 4.79 Å². The normalized spacial score (nSPS) is 21.4. The third-order valence-corrected chi connectivity index (χ3v) is 6.99. The van der Waals surface area contributed by atoms with Crippen LogP contribution in [0.2, 0.25) is 0 Å². The van der Waals surface area contributed by atoms with Gasteiger partial charge >= 0.3 is 0 Å². The van der Waals surface area contributed by atoms with Crippen molar-refractivity contribution in [3.63, 3.8) is 0 Å². The van der Waals surface area contributed by atoms with Crippen LogP contribution in [-0.2, 0) is 17.6 Å². The second-order valence-corrected chi connectivity index (χ2v) is 9.05. The molecule has 2 N–H and O–H groups in total. The van der Waals surface area contributed by atoms with Gasteiger partial charge in [0.1, 0.15) is 25.7 Å². The van der Waals surface area contributed by atoms with Crippen LogP contribution < -0.4 is 10.2 Å². The van der Waals surface area contributed by atoms with Gasteiger partial charge in [0.2, 0.25) is 0 Å². The summed E-state index contributed by atoms with van der Waals surface area (Å²) in [4.78, 5) is 16.8. The van der Waals surface area contributed by atoms with Crippen LogP contribution in [0.1, 0.15) is 45.1 Å². The molecule has 2 aromatic rings. The molecule has 2 heterocycles. The number of benzene rings is 1. The molecule has 4 rings (SSSR count). The third kappa shape index (κ3) is 4.60. The lowest BCUT2D eigenvalue weighted by Gasteiger charge is -2.28. The topological polar surface area (TPSA) is 42.8 Å². The van der Waals surface area contributed by atoms with Crippen LogP contribution in [0.15, 0.2) is 36.4 Å². The van der Waals surface area contributed by atoms with Gasteiger partial charge in [-0.25, -0.2) is 0 Å². The molecule has 1 aliphatic heterocycles. The molecule has 27 heavy (non-hydrogen) atoms. The average molecular weight is 386 g/mol. The molecule has 1 amide bonds. The minimum atomic E-state index is 0.0323. The number of amides is 1. The number of hydrogen-bond donors (Lipinski definition) is 2. The summed E-state index contributed by atoms with van der Waals surface area (Å²) in [5.41, 5.74) is 2.57. The van der Waals surface area contributed by atoms with E-state index >= 15 is 0 Å². The number of quaternary nitrogens is 1. The average Bonchev–Trinajstić information content (AvgIpc) is 3.12. The Morgan fingerprint density at radius 2 is 2.07 bits per heavy atom. The fourth-order valence-electron chi connectivity index (χ4n) is 4.14. The van der Waals surface area contributed by atoms with E-state index in [1.54, 1.807) is 11.3 Å². The van der Waals surface area contributed by atoms with Crippen molar-refractivity contribution >= 4 is 17.2 Å². The smallest absolute Gasteiger partial charge is 0.262 e. The summed E-state index contributed by atoms with van der Waals surface area (Å²) in [6.45, 7) is 6.83. The van der Waals surface area contributed by atoms with Gasteiger partial charge in [0.15, 0.2) is 0 Å². The summed E-state index contributed by atoms with van der Waals surface area (Å²) in [6, 6.07) is 12.5. The molecule has 1 saturated heterocycles. The lowest BCUT2D eigenvalue weighted by molar-refractivity contribution is -0.909. The Labute approximate surface area is 165 Å². The summed E-state index contributed by atoms with van der Waals surface area (Å²) in [5, 5.41) is 3.33. The second-order valence-electron chi connectivity index (χ2n) is 7.91. The molecular weight excluding hydrogens is 356 g/mol. The van der Waals surface area contributed by atoms with Gasteiger partial charge in [-0.05, 0) is 42.4 Å². The lowest BCUT2D eigenvalue weighted by Crippen LogP contribution is -3.14. The highest BCUT2D eigenvalue weighted by Gasteiger charge is 2.25. The van der Waals surface area contributed by atoms with Crippen LogP contribution in [0.3, 0.4) is 0 Å². The Morgan fingerprint density at radius 3 is 2.85 bits per heavy atom. The van der Waals surface area contributed by atoms with Crippen molar-refractivity contribution in [3.05, 3.63) is 57.3 Å². The van der Waals surface area contributed by atoms with Crippen molar-refractivity contribution in [1.29, 1.82) is 0 Å². The zero-order valence-corrected chi connectivity index (χ0v) is 16.8. The molecule has 0 unspecified atom stereocenters. The molecule has 1 aliphatic carbocycles. The van der Waals surface area contributed by atoms with E-state index in [4.69, 9.17) is 4.74 Å². The number of carbonyl (C=O) groups is 1. The van der Waals surface area contributed by atoms with Crippen LogP contribution in [0, 0.1) is 5.92 Å².